The molecule has 1 N–H and O–H groups in total. The minimum Gasteiger partial charge on any atom is -0.487 e. The van der Waals surface area contributed by atoms with E-state index in [1.165, 1.54) is 0 Å². The molecule has 7 heteroatoms. The zero-order valence-corrected chi connectivity index (χ0v) is 13.8. The summed E-state index contributed by atoms with van der Waals surface area (Å²) in [6.45, 7) is 5.66. The fourth-order valence-corrected chi connectivity index (χ4v) is 2.12. The van der Waals surface area contributed by atoms with Gasteiger partial charge in [0.1, 0.15) is 17.7 Å². The summed E-state index contributed by atoms with van der Waals surface area (Å²) in [7, 11) is 1.75. The van der Waals surface area contributed by atoms with E-state index < -0.39 is 0 Å². The molecule has 0 spiro atoms. The molecular weight excluding hydrogens is 294 g/mol. The Kier molecular flexibility index (Phi) is 5.96. The van der Waals surface area contributed by atoms with E-state index in [4.69, 9.17) is 4.74 Å². The van der Waals surface area contributed by atoms with Crippen LogP contribution in [0.1, 0.15) is 19.7 Å². The number of nitrogens with zero attached hydrogens (tertiary/aromatic N) is 4. The lowest BCUT2D eigenvalue weighted by molar-refractivity contribution is 0.187. The number of imidazole rings is 1. The molecule has 2 aromatic heterocycles. The molecule has 2 heterocycles. The largest absolute Gasteiger partial charge is 0.487 e. The Bertz CT molecular complexity index is 614. The molecule has 23 heavy (non-hydrogen) atoms. The Morgan fingerprint density at radius 3 is 3.00 bits per heavy atom. The fraction of sp³-hybridized carbons (Fsp3) is 0.438. The number of urea groups is 1. The average Bonchev–Trinajstić information content (AvgIpc) is 3.00. The molecule has 0 saturated carbocycles. The van der Waals surface area contributed by atoms with Crippen molar-refractivity contribution in [3.05, 3.63) is 42.7 Å². The first kappa shape index (κ1) is 16.8. The summed E-state index contributed by atoms with van der Waals surface area (Å²) in [6.07, 6.45) is 6.84. The van der Waals surface area contributed by atoms with E-state index in [-0.39, 0.29) is 12.1 Å². The van der Waals surface area contributed by atoms with Gasteiger partial charge in [-0.15, -0.1) is 0 Å². The van der Waals surface area contributed by atoms with Crippen molar-refractivity contribution < 1.29 is 9.53 Å². The summed E-state index contributed by atoms with van der Waals surface area (Å²) in [5.74, 6) is 1.55. The lowest BCUT2D eigenvalue weighted by atomic mass is 10.4. The number of pyridine rings is 1. The van der Waals surface area contributed by atoms with Gasteiger partial charge in [-0.3, -0.25) is 4.98 Å². The number of aryl methyl sites for hydroxylation is 1. The lowest BCUT2D eigenvalue weighted by Crippen LogP contribution is -2.41. The van der Waals surface area contributed by atoms with Crippen molar-refractivity contribution in [1.29, 1.82) is 0 Å². The van der Waals surface area contributed by atoms with Crippen LogP contribution in [0.4, 0.5) is 4.79 Å². The van der Waals surface area contributed by atoms with Crippen molar-refractivity contribution in [2.75, 3.05) is 13.6 Å². The number of hydrogen-bond donors (Lipinski definition) is 1. The number of hydrogen-bond acceptors (Lipinski definition) is 4. The van der Waals surface area contributed by atoms with Crippen molar-refractivity contribution >= 4 is 6.03 Å². The Morgan fingerprint density at radius 2 is 2.30 bits per heavy atom. The molecule has 0 aliphatic heterocycles. The van der Waals surface area contributed by atoms with Gasteiger partial charge in [0.15, 0.2) is 0 Å². The van der Waals surface area contributed by atoms with Crippen LogP contribution in [-0.2, 0) is 13.1 Å². The third-order valence-corrected chi connectivity index (χ3v) is 3.38. The van der Waals surface area contributed by atoms with Gasteiger partial charge in [-0.05, 0) is 26.0 Å². The second-order valence-corrected chi connectivity index (χ2v) is 5.29. The monoisotopic (exact) mass is 317 g/mol. The number of nitrogens with one attached hydrogen (secondary N) is 1. The van der Waals surface area contributed by atoms with Crippen LogP contribution in [0.2, 0.25) is 0 Å². The van der Waals surface area contributed by atoms with Gasteiger partial charge < -0.3 is 19.5 Å². The maximum absolute atomic E-state index is 12.1. The van der Waals surface area contributed by atoms with Crippen LogP contribution in [0.25, 0.3) is 0 Å². The SMILES string of the molecule is CCn1ccnc1CN(C)C(=O)NCC(C)Oc1cccnc1. The summed E-state index contributed by atoms with van der Waals surface area (Å²) in [5.41, 5.74) is 0. The minimum absolute atomic E-state index is 0.144. The Labute approximate surface area is 136 Å². The number of ether oxygens (including phenoxy) is 1. The summed E-state index contributed by atoms with van der Waals surface area (Å²) in [5, 5.41) is 2.86. The molecule has 0 aromatic carbocycles. The molecule has 0 bridgehead atoms. The second-order valence-electron chi connectivity index (χ2n) is 5.29. The molecule has 2 aromatic rings. The van der Waals surface area contributed by atoms with Crippen LogP contribution in [0.15, 0.2) is 36.9 Å². The molecule has 1 atom stereocenters. The number of amides is 2. The highest BCUT2D eigenvalue weighted by atomic mass is 16.5. The highest BCUT2D eigenvalue weighted by Gasteiger charge is 2.13. The topological polar surface area (TPSA) is 72.3 Å². The molecule has 2 rings (SSSR count). The Balaban J connectivity index is 1.77. The summed E-state index contributed by atoms with van der Waals surface area (Å²) >= 11 is 0. The van der Waals surface area contributed by atoms with E-state index >= 15 is 0 Å². The van der Waals surface area contributed by atoms with Gasteiger partial charge in [0.2, 0.25) is 0 Å². The zero-order chi connectivity index (χ0) is 16.7. The Hall–Kier alpha value is -2.57. The van der Waals surface area contributed by atoms with E-state index in [2.05, 4.69) is 15.3 Å². The van der Waals surface area contributed by atoms with Crippen LogP contribution in [0.3, 0.4) is 0 Å². The average molecular weight is 317 g/mol. The number of aromatic nitrogens is 3. The predicted molar refractivity (Wildman–Crippen MR) is 87.1 cm³/mol. The highest BCUT2D eigenvalue weighted by Crippen LogP contribution is 2.08. The number of carbonyl (C=O) groups is 1. The molecule has 0 radical (unpaired) electrons. The zero-order valence-electron chi connectivity index (χ0n) is 13.8. The van der Waals surface area contributed by atoms with E-state index in [0.717, 1.165) is 12.4 Å². The Morgan fingerprint density at radius 1 is 1.48 bits per heavy atom. The van der Waals surface area contributed by atoms with Crippen molar-refractivity contribution in [2.24, 2.45) is 0 Å². The van der Waals surface area contributed by atoms with Crippen LogP contribution in [0, 0.1) is 0 Å². The van der Waals surface area contributed by atoms with E-state index in [9.17, 15) is 4.79 Å². The lowest BCUT2D eigenvalue weighted by Gasteiger charge is -2.20. The molecule has 2 amide bonds. The summed E-state index contributed by atoms with van der Waals surface area (Å²) in [6, 6.07) is 3.49. The first-order chi connectivity index (χ1) is 11.1. The van der Waals surface area contributed by atoms with Gasteiger partial charge in [0, 0.05) is 32.2 Å². The van der Waals surface area contributed by atoms with Gasteiger partial charge in [-0.25, -0.2) is 9.78 Å². The highest BCUT2D eigenvalue weighted by molar-refractivity contribution is 5.73. The minimum atomic E-state index is -0.155. The summed E-state index contributed by atoms with van der Waals surface area (Å²) < 4.78 is 7.69. The van der Waals surface area contributed by atoms with Crippen molar-refractivity contribution in [3.8, 4) is 5.75 Å². The van der Waals surface area contributed by atoms with Crippen LogP contribution in [-0.4, -0.2) is 45.2 Å². The molecular formula is C16H23N5O2. The molecule has 0 aliphatic carbocycles. The molecule has 0 fully saturated rings. The third kappa shape index (κ3) is 4.98. The van der Waals surface area contributed by atoms with Gasteiger partial charge in [-0.2, -0.15) is 0 Å². The maximum Gasteiger partial charge on any atom is 0.317 e. The quantitative estimate of drug-likeness (QED) is 0.846. The molecule has 0 saturated heterocycles. The smallest absolute Gasteiger partial charge is 0.317 e. The predicted octanol–water partition coefficient (Wildman–Crippen LogP) is 1.91. The normalized spacial score (nSPS) is 11.8. The molecule has 1 unspecified atom stereocenters. The van der Waals surface area contributed by atoms with E-state index in [0.29, 0.717) is 18.8 Å². The van der Waals surface area contributed by atoms with Gasteiger partial charge in [0.25, 0.3) is 0 Å². The maximum atomic E-state index is 12.1. The van der Waals surface area contributed by atoms with Crippen LogP contribution < -0.4 is 10.1 Å². The first-order valence-corrected chi connectivity index (χ1v) is 7.65. The molecule has 7 nitrogen and oxygen atoms in total. The number of carbonyl (C=O) groups excluding carboxylic acids is 1. The van der Waals surface area contributed by atoms with Gasteiger partial charge in [-0.1, -0.05) is 0 Å². The van der Waals surface area contributed by atoms with Crippen LogP contribution in [0.5, 0.6) is 5.75 Å². The van der Waals surface area contributed by atoms with Crippen molar-refractivity contribution in [2.45, 2.75) is 33.0 Å². The van der Waals surface area contributed by atoms with Crippen LogP contribution >= 0.6 is 0 Å². The third-order valence-electron chi connectivity index (χ3n) is 3.38. The van der Waals surface area contributed by atoms with E-state index in [1.54, 1.807) is 30.5 Å². The standard InChI is InChI=1S/C16H23N5O2/c1-4-21-9-8-18-15(21)12-20(3)16(22)19-10-13(2)23-14-6-5-7-17-11-14/h5-9,11,13H,4,10,12H2,1-3H3,(H,19,22). The second kappa shape index (κ2) is 8.17. The molecule has 124 valence electrons. The van der Waals surface area contributed by atoms with Gasteiger partial charge >= 0.3 is 6.03 Å². The summed E-state index contributed by atoms with van der Waals surface area (Å²) in [4.78, 5) is 22.0. The first-order valence-electron chi connectivity index (χ1n) is 7.65. The van der Waals surface area contributed by atoms with Crippen molar-refractivity contribution in [1.82, 2.24) is 24.8 Å². The number of rotatable bonds is 7. The van der Waals surface area contributed by atoms with Gasteiger partial charge in [0.05, 0.1) is 19.3 Å². The fourth-order valence-electron chi connectivity index (χ4n) is 2.12. The molecule has 0 aliphatic rings. The van der Waals surface area contributed by atoms with Crippen molar-refractivity contribution in [3.63, 3.8) is 0 Å². The van der Waals surface area contributed by atoms with E-state index in [1.807, 2.05) is 36.7 Å².